The number of methoxy groups -OCH3 is 1. The first kappa shape index (κ1) is 12.0. The van der Waals surface area contributed by atoms with Gasteiger partial charge < -0.3 is 4.74 Å². The third-order valence-corrected chi connectivity index (χ3v) is 1.76. The molecule has 0 aliphatic carbocycles. The number of ether oxygens (including phenoxy) is 1. The molecule has 0 amide bonds. The number of alkyl halides is 2. The van der Waals surface area contributed by atoms with E-state index < -0.39 is 28.3 Å². The highest BCUT2D eigenvalue weighted by atomic mass is 19.3. The molecule has 6 nitrogen and oxygen atoms in total. The fourth-order valence-electron chi connectivity index (χ4n) is 1.11. The second kappa shape index (κ2) is 4.60. The third kappa shape index (κ3) is 2.10. The molecule has 86 valence electrons. The van der Waals surface area contributed by atoms with Gasteiger partial charge in [0, 0.05) is 6.07 Å². The van der Waals surface area contributed by atoms with Crippen molar-refractivity contribution in [3.8, 4) is 5.88 Å². The topological polar surface area (TPSA) is 82.3 Å². The number of aromatic nitrogens is 1. The summed E-state index contributed by atoms with van der Waals surface area (Å²) in [5.41, 5.74) is -2.57. The molecule has 0 N–H and O–H groups in total. The van der Waals surface area contributed by atoms with Crippen LogP contribution in [0.2, 0.25) is 0 Å². The number of pyridine rings is 1. The van der Waals surface area contributed by atoms with Gasteiger partial charge in [-0.05, 0) is 0 Å². The molecule has 0 radical (unpaired) electrons. The van der Waals surface area contributed by atoms with Crippen molar-refractivity contribution in [3.63, 3.8) is 0 Å². The molecule has 0 saturated carbocycles. The van der Waals surface area contributed by atoms with Crippen LogP contribution in [0.15, 0.2) is 6.07 Å². The van der Waals surface area contributed by atoms with Crippen molar-refractivity contribution < 1.29 is 23.2 Å². The van der Waals surface area contributed by atoms with Crippen LogP contribution in [0.5, 0.6) is 5.88 Å². The van der Waals surface area contributed by atoms with E-state index in [9.17, 15) is 23.7 Å². The van der Waals surface area contributed by atoms with Crippen molar-refractivity contribution in [1.29, 1.82) is 0 Å². The summed E-state index contributed by atoms with van der Waals surface area (Å²) >= 11 is 0. The summed E-state index contributed by atoms with van der Waals surface area (Å²) in [6, 6.07) is 0.732. The minimum absolute atomic E-state index is 0.0343. The highest BCUT2D eigenvalue weighted by Gasteiger charge is 2.28. The van der Waals surface area contributed by atoms with Gasteiger partial charge in [-0.1, -0.05) is 0 Å². The highest BCUT2D eigenvalue weighted by Crippen LogP contribution is 2.32. The van der Waals surface area contributed by atoms with Crippen LogP contribution < -0.4 is 4.74 Å². The van der Waals surface area contributed by atoms with Gasteiger partial charge in [-0.3, -0.25) is 14.9 Å². The van der Waals surface area contributed by atoms with E-state index in [1.807, 2.05) is 0 Å². The van der Waals surface area contributed by atoms with E-state index in [-0.39, 0.29) is 12.2 Å². The number of aldehydes is 1. The van der Waals surface area contributed by atoms with Crippen molar-refractivity contribution in [2.24, 2.45) is 0 Å². The summed E-state index contributed by atoms with van der Waals surface area (Å²) in [6.45, 7) is 0. The normalized spacial score (nSPS) is 10.2. The summed E-state index contributed by atoms with van der Waals surface area (Å²) < 4.78 is 29.6. The van der Waals surface area contributed by atoms with Crippen LogP contribution in [0.4, 0.5) is 14.5 Å². The van der Waals surface area contributed by atoms with Gasteiger partial charge in [0.1, 0.15) is 5.56 Å². The van der Waals surface area contributed by atoms with Gasteiger partial charge in [0.25, 0.3) is 6.43 Å². The summed E-state index contributed by atoms with van der Waals surface area (Å²) in [5.74, 6) is -0.275. The Kier molecular flexibility index (Phi) is 3.44. The molecule has 0 aromatic carbocycles. The SMILES string of the molecule is COc1cc(C(F)F)c([N+](=O)[O-])c(C=O)n1. The first-order valence-corrected chi connectivity index (χ1v) is 3.98. The van der Waals surface area contributed by atoms with E-state index in [1.54, 1.807) is 0 Å². The molecule has 0 bridgehead atoms. The van der Waals surface area contributed by atoms with Crippen molar-refractivity contribution >= 4 is 12.0 Å². The number of carbonyl (C=O) groups excluding carboxylic acids is 1. The summed E-state index contributed by atoms with van der Waals surface area (Å²) in [4.78, 5) is 23.4. The van der Waals surface area contributed by atoms with Gasteiger partial charge >= 0.3 is 5.69 Å². The third-order valence-electron chi connectivity index (χ3n) is 1.76. The average Bonchev–Trinajstić information content (AvgIpc) is 2.26. The molecule has 1 aromatic heterocycles. The Morgan fingerprint density at radius 1 is 1.62 bits per heavy atom. The first-order valence-electron chi connectivity index (χ1n) is 3.98. The maximum Gasteiger partial charge on any atom is 0.307 e. The minimum atomic E-state index is -3.09. The molecule has 0 fully saturated rings. The van der Waals surface area contributed by atoms with Crippen LogP contribution >= 0.6 is 0 Å². The Hall–Kier alpha value is -2.12. The molecule has 1 heterocycles. The van der Waals surface area contributed by atoms with Crippen molar-refractivity contribution in [1.82, 2.24) is 4.98 Å². The second-order valence-electron chi connectivity index (χ2n) is 2.66. The van der Waals surface area contributed by atoms with E-state index >= 15 is 0 Å². The minimum Gasteiger partial charge on any atom is -0.481 e. The maximum absolute atomic E-state index is 12.5. The van der Waals surface area contributed by atoms with Crippen LogP contribution in [0.3, 0.4) is 0 Å². The van der Waals surface area contributed by atoms with Gasteiger partial charge in [-0.15, -0.1) is 0 Å². The highest BCUT2D eigenvalue weighted by molar-refractivity contribution is 5.80. The molecule has 0 saturated heterocycles. The molecule has 8 heteroatoms. The van der Waals surface area contributed by atoms with Crippen LogP contribution in [-0.2, 0) is 0 Å². The zero-order chi connectivity index (χ0) is 12.3. The second-order valence-corrected chi connectivity index (χ2v) is 2.66. The van der Waals surface area contributed by atoms with Crippen LogP contribution in [0.1, 0.15) is 22.5 Å². The lowest BCUT2D eigenvalue weighted by molar-refractivity contribution is -0.386. The number of nitrogens with zero attached hydrogens (tertiary/aromatic N) is 2. The lowest BCUT2D eigenvalue weighted by Gasteiger charge is -2.05. The van der Waals surface area contributed by atoms with Gasteiger partial charge in [-0.25, -0.2) is 13.8 Å². The van der Waals surface area contributed by atoms with E-state index in [0.717, 1.165) is 13.2 Å². The van der Waals surface area contributed by atoms with Gasteiger partial charge in [0.15, 0.2) is 12.0 Å². The zero-order valence-corrected chi connectivity index (χ0v) is 8.02. The first-order chi connectivity index (χ1) is 7.51. The van der Waals surface area contributed by atoms with E-state index in [1.165, 1.54) is 0 Å². The Morgan fingerprint density at radius 2 is 2.25 bits per heavy atom. The molecule has 0 unspecified atom stereocenters. The van der Waals surface area contributed by atoms with Crippen LogP contribution in [-0.4, -0.2) is 23.3 Å². The Labute approximate surface area is 88.0 Å². The number of hydrogen-bond acceptors (Lipinski definition) is 5. The van der Waals surface area contributed by atoms with Gasteiger partial charge in [-0.2, -0.15) is 0 Å². The number of carbonyl (C=O) groups is 1. The van der Waals surface area contributed by atoms with E-state index in [4.69, 9.17) is 0 Å². The van der Waals surface area contributed by atoms with Crippen LogP contribution in [0.25, 0.3) is 0 Å². The van der Waals surface area contributed by atoms with Crippen molar-refractivity contribution in [3.05, 3.63) is 27.4 Å². The van der Waals surface area contributed by atoms with Crippen molar-refractivity contribution in [2.45, 2.75) is 6.43 Å². The lowest BCUT2D eigenvalue weighted by atomic mass is 10.2. The zero-order valence-electron chi connectivity index (χ0n) is 8.02. The molecule has 1 rings (SSSR count). The van der Waals surface area contributed by atoms with Gasteiger partial charge in [0.2, 0.25) is 5.88 Å². The Balaban J connectivity index is 3.53. The largest absolute Gasteiger partial charge is 0.481 e. The number of halogens is 2. The Bertz CT molecular complexity index is 436. The molecule has 0 spiro atoms. The standard InChI is InChI=1S/C8H6F2N2O4/c1-16-6-2-4(8(9)10)7(12(14)15)5(3-13)11-6/h2-3,8H,1H3. The van der Waals surface area contributed by atoms with Crippen molar-refractivity contribution in [2.75, 3.05) is 7.11 Å². The smallest absolute Gasteiger partial charge is 0.307 e. The molecular weight excluding hydrogens is 226 g/mol. The molecule has 1 aromatic rings. The number of rotatable bonds is 4. The van der Waals surface area contributed by atoms with E-state index in [2.05, 4.69) is 9.72 Å². The fraction of sp³-hybridized carbons (Fsp3) is 0.250. The quantitative estimate of drug-likeness (QED) is 0.448. The van der Waals surface area contributed by atoms with E-state index in [0.29, 0.717) is 0 Å². The van der Waals surface area contributed by atoms with Crippen LogP contribution in [0, 0.1) is 10.1 Å². The fourth-order valence-corrected chi connectivity index (χ4v) is 1.11. The predicted octanol–water partition coefficient (Wildman–Crippen LogP) is 1.75. The molecule has 0 aliphatic rings. The maximum atomic E-state index is 12.5. The predicted molar refractivity (Wildman–Crippen MR) is 47.8 cm³/mol. The lowest BCUT2D eigenvalue weighted by Crippen LogP contribution is -2.04. The Morgan fingerprint density at radius 3 is 2.62 bits per heavy atom. The molecule has 16 heavy (non-hydrogen) atoms. The molecule has 0 aliphatic heterocycles. The number of hydrogen-bond donors (Lipinski definition) is 0. The molecule has 0 atom stereocenters. The summed E-state index contributed by atoms with van der Waals surface area (Å²) in [7, 11) is 1.15. The molecular formula is C8H6F2N2O4. The average molecular weight is 232 g/mol. The van der Waals surface area contributed by atoms with Gasteiger partial charge in [0.05, 0.1) is 12.0 Å². The number of nitro groups is 1. The summed E-state index contributed by atoms with van der Waals surface area (Å²) in [6.07, 6.45) is -3.05. The summed E-state index contributed by atoms with van der Waals surface area (Å²) in [5, 5.41) is 10.5. The monoisotopic (exact) mass is 232 g/mol.